The second-order valence-electron chi connectivity index (χ2n) is 7.21. The van der Waals surface area contributed by atoms with Crippen molar-refractivity contribution < 1.29 is 30.2 Å². The normalized spacial score (nSPS) is 13.4. The van der Waals surface area contributed by atoms with Crippen molar-refractivity contribution in [3.8, 4) is 11.5 Å². The molecule has 0 aromatic heterocycles. The van der Waals surface area contributed by atoms with Crippen LogP contribution in [0.4, 0.5) is 11.4 Å². The third-order valence-electron chi connectivity index (χ3n) is 5.50. The zero-order valence-electron chi connectivity index (χ0n) is 18.5. The van der Waals surface area contributed by atoms with E-state index in [9.17, 15) is 30.2 Å². The minimum atomic E-state index is -0.390. The molecule has 1 aliphatic rings. The highest BCUT2D eigenvalue weighted by Crippen LogP contribution is 2.51. The van der Waals surface area contributed by atoms with Crippen LogP contribution in [0.5, 0.6) is 11.5 Å². The van der Waals surface area contributed by atoms with Crippen LogP contribution in [0.1, 0.15) is 48.4 Å². The number of nitrogens with zero attached hydrogens (tertiary/aromatic N) is 4. The van der Waals surface area contributed by atoms with E-state index in [0.29, 0.717) is 0 Å². The summed E-state index contributed by atoms with van der Waals surface area (Å²) in [5.41, 5.74) is 0.313. The number of benzene rings is 2. The van der Waals surface area contributed by atoms with Crippen molar-refractivity contribution in [1.82, 2.24) is 10.3 Å². The summed E-state index contributed by atoms with van der Waals surface area (Å²) in [6.07, 6.45) is 2.33. The summed E-state index contributed by atoms with van der Waals surface area (Å²) in [5.74, 6) is -1.41. The van der Waals surface area contributed by atoms with Gasteiger partial charge >= 0.3 is 0 Å². The lowest BCUT2D eigenvalue weighted by atomic mass is 9.90. The van der Waals surface area contributed by atoms with Crippen LogP contribution in [0, 0.1) is 0 Å². The molecule has 1 aliphatic carbocycles. The molecule has 2 aromatic rings. The van der Waals surface area contributed by atoms with Crippen LogP contribution >= 0.6 is 0 Å². The van der Waals surface area contributed by atoms with Crippen molar-refractivity contribution in [2.75, 3.05) is 36.2 Å². The van der Waals surface area contributed by atoms with Gasteiger partial charge in [0.05, 0.1) is 0 Å². The number of anilines is 2. The Balaban J connectivity index is 2.47. The van der Waals surface area contributed by atoms with Gasteiger partial charge in [-0.3, -0.25) is 30.0 Å². The number of hydroxylamine groups is 2. The predicted octanol–water partition coefficient (Wildman–Crippen LogP) is 3.09. The molecule has 2 aromatic carbocycles. The first-order valence-corrected chi connectivity index (χ1v) is 10.5. The van der Waals surface area contributed by atoms with Crippen LogP contribution < -0.4 is 10.0 Å². The van der Waals surface area contributed by atoms with Crippen molar-refractivity contribution in [2.45, 2.75) is 27.7 Å². The maximum atomic E-state index is 12.4. The third-order valence-corrected chi connectivity index (χ3v) is 5.50. The van der Waals surface area contributed by atoms with Crippen molar-refractivity contribution in [2.24, 2.45) is 0 Å². The maximum absolute atomic E-state index is 12.4. The second-order valence-corrected chi connectivity index (χ2v) is 7.21. The fraction of sp³-hybridized carbons (Fsp3) is 0.364. The fourth-order valence-electron chi connectivity index (χ4n) is 3.91. The van der Waals surface area contributed by atoms with Crippen LogP contribution in [-0.4, -0.2) is 68.7 Å². The molecule has 0 saturated heterocycles. The van der Waals surface area contributed by atoms with Gasteiger partial charge in [0, 0.05) is 48.1 Å². The molecule has 4 N–H and O–H groups in total. The predicted molar refractivity (Wildman–Crippen MR) is 119 cm³/mol. The lowest BCUT2D eigenvalue weighted by molar-refractivity contribution is -0.101. The molecular weight excluding hydrogens is 416 g/mol. The molecule has 0 unspecified atom stereocenters. The number of fused-ring (bicyclic) bond motifs is 2. The Morgan fingerprint density at radius 3 is 1.28 bits per heavy atom. The van der Waals surface area contributed by atoms with Gasteiger partial charge in [-0.25, -0.2) is 0 Å². The zero-order valence-corrected chi connectivity index (χ0v) is 18.5. The minimum Gasteiger partial charge on any atom is -0.505 e. The Labute approximate surface area is 185 Å². The maximum Gasteiger partial charge on any atom is 0.186 e. The van der Waals surface area contributed by atoms with Gasteiger partial charge in [-0.05, 0) is 52.0 Å². The number of carbonyl (C=O) groups excluding carboxylic acids is 2. The first-order valence-electron chi connectivity index (χ1n) is 10.5. The summed E-state index contributed by atoms with van der Waals surface area (Å²) >= 11 is 0. The summed E-state index contributed by atoms with van der Waals surface area (Å²) in [6.45, 7) is 7.69. The first-order chi connectivity index (χ1) is 15.2. The molecule has 0 heterocycles. The molecule has 3 rings (SSSR count). The highest BCUT2D eigenvalue weighted by atomic mass is 16.6. The largest absolute Gasteiger partial charge is 0.505 e. The van der Waals surface area contributed by atoms with Crippen molar-refractivity contribution in [3.63, 3.8) is 0 Å². The molecule has 0 radical (unpaired) electrons. The quantitative estimate of drug-likeness (QED) is 0.356. The van der Waals surface area contributed by atoms with Crippen LogP contribution in [-0.2, 0) is 0 Å². The molecule has 0 atom stereocenters. The van der Waals surface area contributed by atoms with E-state index in [1.165, 1.54) is 22.2 Å². The number of hydrogen-bond acceptors (Lipinski definition) is 10. The standard InChI is InChI=1S/C22H28N4O6/c1-5-23(25(31)7-3)19-20(24(6-2)26(32)8-4)22(30)16-12-14-13(11-15(16)21(19)29)17(27)9-10-18(14)28/h9-12,29-32H,5-8H2,1-4H3. The van der Waals surface area contributed by atoms with Crippen LogP contribution in [0.25, 0.3) is 10.8 Å². The van der Waals surface area contributed by atoms with E-state index in [4.69, 9.17) is 0 Å². The van der Waals surface area contributed by atoms with Crippen LogP contribution in [0.2, 0.25) is 0 Å². The summed E-state index contributed by atoms with van der Waals surface area (Å²) in [7, 11) is 0. The zero-order chi connectivity index (χ0) is 23.7. The molecule has 0 saturated carbocycles. The number of aromatic hydroxyl groups is 2. The van der Waals surface area contributed by atoms with Crippen LogP contribution in [0.15, 0.2) is 24.3 Å². The first kappa shape index (κ1) is 23.5. The van der Waals surface area contributed by atoms with E-state index in [1.54, 1.807) is 27.7 Å². The molecule has 10 nitrogen and oxygen atoms in total. The SMILES string of the molecule is CCN(O)N(CC)c1c(N(CC)N(O)CC)c(O)c2cc3c(cc2c1O)C(=O)C=CC3=O. The van der Waals surface area contributed by atoms with Crippen LogP contribution in [0.3, 0.4) is 0 Å². The van der Waals surface area contributed by atoms with E-state index in [-0.39, 0.29) is 71.0 Å². The molecule has 172 valence electrons. The molecule has 0 amide bonds. The number of hydrazine groups is 2. The minimum absolute atomic E-state index is 0.0428. The molecular formula is C22H28N4O6. The summed E-state index contributed by atoms with van der Waals surface area (Å²) in [4.78, 5) is 24.7. The molecule has 32 heavy (non-hydrogen) atoms. The highest BCUT2D eigenvalue weighted by molar-refractivity contribution is 6.24. The Hall–Kier alpha value is -3.18. The van der Waals surface area contributed by atoms with Crippen molar-refractivity contribution in [3.05, 3.63) is 35.4 Å². The Kier molecular flexibility index (Phi) is 6.70. The van der Waals surface area contributed by atoms with E-state index in [0.717, 1.165) is 22.5 Å². The van der Waals surface area contributed by atoms with Gasteiger partial charge < -0.3 is 10.2 Å². The van der Waals surface area contributed by atoms with E-state index in [1.807, 2.05) is 0 Å². The molecule has 10 heteroatoms. The van der Waals surface area contributed by atoms with Crippen molar-refractivity contribution in [1.29, 1.82) is 0 Å². The number of hydrogen-bond donors (Lipinski definition) is 4. The Morgan fingerprint density at radius 2 is 1.00 bits per heavy atom. The average molecular weight is 444 g/mol. The van der Waals surface area contributed by atoms with E-state index in [2.05, 4.69) is 0 Å². The number of ketones is 2. The fourth-order valence-corrected chi connectivity index (χ4v) is 3.91. The summed E-state index contributed by atoms with van der Waals surface area (Å²) in [5, 5.41) is 48.3. The van der Waals surface area contributed by atoms with E-state index >= 15 is 0 Å². The highest BCUT2D eigenvalue weighted by Gasteiger charge is 2.32. The second kappa shape index (κ2) is 9.13. The number of phenols is 2. The van der Waals surface area contributed by atoms with Gasteiger partial charge in [0.1, 0.15) is 11.4 Å². The van der Waals surface area contributed by atoms with Gasteiger partial charge in [0.15, 0.2) is 23.1 Å². The van der Waals surface area contributed by atoms with Gasteiger partial charge in [0.25, 0.3) is 0 Å². The monoisotopic (exact) mass is 444 g/mol. The molecule has 0 aliphatic heterocycles. The third kappa shape index (κ3) is 3.67. The van der Waals surface area contributed by atoms with Gasteiger partial charge in [-0.2, -0.15) is 0 Å². The Bertz CT molecular complexity index is 1020. The lowest BCUT2D eigenvalue weighted by Crippen LogP contribution is -2.44. The van der Waals surface area contributed by atoms with Gasteiger partial charge in [-0.1, -0.05) is 0 Å². The van der Waals surface area contributed by atoms with E-state index < -0.39 is 11.6 Å². The van der Waals surface area contributed by atoms with Gasteiger partial charge in [0.2, 0.25) is 0 Å². The molecule has 0 bridgehead atoms. The average Bonchev–Trinajstić information content (AvgIpc) is 2.80. The topological polar surface area (TPSA) is 128 Å². The number of rotatable bonds is 8. The smallest absolute Gasteiger partial charge is 0.186 e. The number of phenolic OH excluding ortho intramolecular Hbond substituents is 2. The number of allylic oxidation sites excluding steroid dienone is 2. The molecule has 0 spiro atoms. The summed E-state index contributed by atoms with van der Waals surface area (Å²) < 4.78 is 0. The number of carbonyl (C=O) groups is 2. The van der Waals surface area contributed by atoms with Crippen molar-refractivity contribution >= 4 is 33.7 Å². The van der Waals surface area contributed by atoms with Gasteiger partial charge in [-0.15, -0.1) is 10.3 Å². The lowest BCUT2D eigenvalue weighted by Gasteiger charge is -2.37. The Morgan fingerprint density at radius 1 is 0.656 bits per heavy atom. The molecule has 0 fully saturated rings. The summed E-state index contributed by atoms with van der Waals surface area (Å²) in [6, 6.07) is 2.73.